The number of piperidine rings is 1. The maximum absolute atomic E-state index is 12.0. The molecular formula is C12H23N3O3. The highest BCUT2D eigenvalue weighted by Crippen LogP contribution is 2.23. The lowest BCUT2D eigenvalue weighted by Crippen LogP contribution is -2.55. The topological polar surface area (TPSA) is 81.7 Å². The van der Waals surface area contributed by atoms with Gasteiger partial charge >= 0.3 is 12.0 Å². The Morgan fingerprint density at radius 3 is 2.72 bits per heavy atom. The number of carboxylic acid groups (broad SMARTS) is 1. The van der Waals surface area contributed by atoms with E-state index in [0.717, 1.165) is 25.8 Å². The lowest BCUT2D eigenvalue weighted by molar-refractivity contribution is -0.145. The first-order valence-electron chi connectivity index (χ1n) is 6.49. The number of nitrogens with zero attached hydrogens (tertiary/aromatic N) is 1. The van der Waals surface area contributed by atoms with Crippen LogP contribution in [0.2, 0.25) is 0 Å². The number of amides is 2. The number of urea groups is 1. The van der Waals surface area contributed by atoms with Gasteiger partial charge in [0.2, 0.25) is 0 Å². The van der Waals surface area contributed by atoms with Crippen LogP contribution in [-0.4, -0.2) is 54.7 Å². The number of hydrogen-bond acceptors (Lipinski definition) is 3. The van der Waals surface area contributed by atoms with Crippen LogP contribution in [0.25, 0.3) is 0 Å². The summed E-state index contributed by atoms with van der Waals surface area (Å²) >= 11 is 0. The third-order valence-electron chi connectivity index (χ3n) is 3.33. The maximum atomic E-state index is 12.0. The molecule has 1 aliphatic heterocycles. The lowest BCUT2D eigenvalue weighted by Gasteiger charge is -2.37. The smallest absolute Gasteiger partial charge is 0.326 e. The minimum atomic E-state index is -0.910. The van der Waals surface area contributed by atoms with Gasteiger partial charge in [0.05, 0.1) is 0 Å². The second kappa shape index (κ2) is 7.20. The van der Waals surface area contributed by atoms with Crippen molar-refractivity contribution in [1.29, 1.82) is 0 Å². The van der Waals surface area contributed by atoms with Crippen LogP contribution in [-0.2, 0) is 4.79 Å². The van der Waals surface area contributed by atoms with E-state index in [-0.39, 0.29) is 11.9 Å². The highest BCUT2D eigenvalue weighted by Gasteiger charge is 2.36. The zero-order valence-corrected chi connectivity index (χ0v) is 11.1. The molecule has 104 valence electrons. The molecule has 2 amide bonds. The summed E-state index contributed by atoms with van der Waals surface area (Å²) in [6, 6.07) is -0.951. The van der Waals surface area contributed by atoms with E-state index in [1.165, 1.54) is 4.90 Å². The van der Waals surface area contributed by atoms with E-state index in [1.807, 2.05) is 14.0 Å². The number of carbonyl (C=O) groups is 2. The van der Waals surface area contributed by atoms with E-state index in [9.17, 15) is 14.7 Å². The number of likely N-dealkylation sites (tertiary alicyclic amines) is 1. The van der Waals surface area contributed by atoms with Crippen LogP contribution in [0.4, 0.5) is 4.79 Å². The molecule has 1 rings (SSSR count). The molecule has 0 aromatic heterocycles. The summed E-state index contributed by atoms with van der Waals surface area (Å²) in [4.78, 5) is 24.6. The summed E-state index contributed by atoms with van der Waals surface area (Å²) in [5, 5.41) is 15.0. The second-order valence-electron chi connectivity index (χ2n) is 4.79. The Hall–Kier alpha value is -1.30. The van der Waals surface area contributed by atoms with E-state index in [4.69, 9.17) is 0 Å². The Bertz CT molecular complexity index is 296. The molecule has 0 saturated carbocycles. The first-order chi connectivity index (χ1) is 8.57. The van der Waals surface area contributed by atoms with Gasteiger partial charge in [0.1, 0.15) is 6.04 Å². The molecule has 0 spiro atoms. The van der Waals surface area contributed by atoms with Gasteiger partial charge in [0, 0.05) is 13.1 Å². The molecule has 6 heteroatoms. The third-order valence-corrected chi connectivity index (χ3v) is 3.33. The average Bonchev–Trinajstić information content (AvgIpc) is 2.33. The van der Waals surface area contributed by atoms with Crippen molar-refractivity contribution < 1.29 is 14.7 Å². The molecule has 0 aromatic carbocycles. The molecule has 1 aliphatic rings. The fourth-order valence-corrected chi connectivity index (χ4v) is 2.35. The number of hydrogen-bond donors (Lipinski definition) is 3. The summed E-state index contributed by atoms with van der Waals surface area (Å²) in [6.07, 6.45) is 2.57. The van der Waals surface area contributed by atoms with Crippen LogP contribution in [0, 0.1) is 5.92 Å². The molecule has 0 bridgehead atoms. The first kappa shape index (κ1) is 14.8. The molecule has 0 radical (unpaired) electrons. The van der Waals surface area contributed by atoms with Crippen molar-refractivity contribution in [2.24, 2.45) is 5.92 Å². The normalized spacial score (nSPS) is 23.8. The predicted octanol–water partition coefficient (Wildman–Crippen LogP) is 0.491. The molecule has 3 N–H and O–H groups in total. The Balaban J connectivity index is 2.50. The zero-order chi connectivity index (χ0) is 13.5. The van der Waals surface area contributed by atoms with E-state index >= 15 is 0 Å². The van der Waals surface area contributed by atoms with Crippen molar-refractivity contribution in [3.8, 4) is 0 Å². The van der Waals surface area contributed by atoms with Crippen LogP contribution >= 0.6 is 0 Å². The van der Waals surface area contributed by atoms with Crippen molar-refractivity contribution in [3.05, 3.63) is 0 Å². The van der Waals surface area contributed by atoms with Gasteiger partial charge in [0.25, 0.3) is 0 Å². The van der Waals surface area contributed by atoms with Crippen molar-refractivity contribution in [1.82, 2.24) is 15.5 Å². The van der Waals surface area contributed by atoms with Gasteiger partial charge in [-0.2, -0.15) is 0 Å². The summed E-state index contributed by atoms with van der Waals surface area (Å²) in [7, 11) is 1.86. The van der Waals surface area contributed by atoms with Gasteiger partial charge < -0.3 is 20.6 Å². The quantitative estimate of drug-likeness (QED) is 0.626. The summed E-state index contributed by atoms with van der Waals surface area (Å²) < 4.78 is 0. The standard InChI is InChI=1S/C12H23N3O3/c1-9-5-3-8-15(10(9)11(16)17)12(18)14-7-4-6-13-2/h9-10,13H,3-8H2,1-2H3,(H,14,18)(H,16,17). The number of carboxylic acids is 1. The second-order valence-corrected chi connectivity index (χ2v) is 4.79. The van der Waals surface area contributed by atoms with Gasteiger partial charge in [-0.1, -0.05) is 6.92 Å². The highest BCUT2D eigenvalue weighted by molar-refractivity contribution is 5.83. The highest BCUT2D eigenvalue weighted by atomic mass is 16.4. The summed E-state index contributed by atoms with van der Waals surface area (Å²) in [6.45, 7) is 3.81. The van der Waals surface area contributed by atoms with Gasteiger partial charge in [-0.25, -0.2) is 9.59 Å². The SMILES string of the molecule is CNCCCNC(=O)N1CCCC(C)C1C(=O)O. The number of nitrogens with one attached hydrogen (secondary N) is 2. The summed E-state index contributed by atoms with van der Waals surface area (Å²) in [5.74, 6) is -0.896. The monoisotopic (exact) mass is 257 g/mol. The molecule has 1 heterocycles. The van der Waals surface area contributed by atoms with Crippen LogP contribution < -0.4 is 10.6 Å². The van der Waals surface area contributed by atoms with Crippen molar-refractivity contribution in [3.63, 3.8) is 0 Å². The minimum Gasteiger partial charge on any atom is -0.480 e. The number of aliphatic carboxylic acids is 1. The molecule has 1 saturated heterocycles. The van der Waals surface area contributed by atoms with E-state index < -0.39 is 12.0 Å². The van der Waals surface area contributed by atoms with Gasteiger partial charge in [0.15, 0.2) is 0 Å². The van der Waals surface area contributed by atoms with Crippen molar-refractivity contribution in [2.45, 2.75) is 32.2 Å². The minimum absolute atomic E-state index is 0.0132. The van der Waals surface area contributed by atoms with Crippen molar-refractivity contribution >= 4 is 12.0 Å². The van der Waals surface area contributed by atoms with Crippen molar-refractivity contribution in [2.75, 3.05) is 26.7 Å². The van der Waals surface area contributed by atoms with Crippen LogP contribution in [0.15, 0.2) is 0 Å². The number of carbonyl (C=O) groups excluding carboxylic acids is 1. The fraction of sp³-hybridized carbons (Fsp3) is 0.833. The Morgan fingerprint density at radius 1 is 1.39 bits per heavy atom. The van der Waals surface area contributed by atoms with Crippen LogP contribution in [0.1, 0.15) is 26.2 Å². The third kappa shape index (κ3) is 3.87. The molecular weight excluding hydrogens is 234 g/mol. The van der Waals surface area contributed by atoms with E-state index in [0.29, 0.717) is 13.1 Å². The van der Waals surface area contributed by atoms with Crippen LogP contribution in [0.3, 0.4) is 0 Å². The molecule has 18 heavy (non-hydrogen) atoms. The zero-order valence-electron chi connectivity index (χ0n) is 11.1. The maximum Gasteiger partial charge on any atom is 0.326 e. The molecule has 1 fully saturated rings. The van der Waals surface area contributed by atoms with E-state index in [2.05, 4.69) is 10.6 Å². The van der Waals surface area contributed by atoms with Gasteiger partial charge in [-0.05, 0) is 38.8 Å². The Kier molecular flexibility index (Phi) is 5.91. The Labute approximate surface area is 108 Å². The molecule has 0 aliphatic carbocycles. The fourth-order valence-electron chi connectivity index (χ4n) is 2.35. The molecule has 2 atom stereocenters. The average molecular weight is 257 g/mol. The predicted molar refractivity (Wildman–Crippen MR) is 68.5 cm³/mol. The molecule has 6 nitrogen and oxygen atoms in total. The molecule has 0 aromatic rings. The first-order valence-corrected chi connectivity index (χ1v) is 6.49. The molecule has 2 unspecified atom stereocenters. The Morgan fingerprint density at radius 2 is 2.11 bits per heavy atom. The summed E-state index contributed by atoms with van der Waals surface area (Å²) in [5.41, 5.74) is 0. The lowest BCUT2D eigenvalue weighted by atomic mass is 9.91. The largest absolute Gasteiger partial charge is 0.480 e. The number of rotatable bonds is 5. The van der Waals surface area contributed by atoms with Crippen LogP contribution in [0.5, 0.6) is 0 Å². The van der Waals surface area contributed by atoms with Gasteiger partial charge in [-0.15, -0.1) is 0 Å². The van der Waals surface area contributed by atoms with E-state index in [1.54, 1.807) is 0 Å². The van der Waals surface area contributed by atoms with Gasteiger partial charge in [-0.3, -0.25) is 0 Å².